The molecule has 1 N–H and O–H groups in total. The number of nitro benzene ring substituents is 1. The lowest BCUT2D eigenvalue weighted by Gasteiger charge is -2.07. The first kappa shape index (κ1) is 15.9. The van der Waals surface area contributed by atoms with Gasteiger partial charge in [-0.25, -0.2) is 8.42 Å². The van der Waals surface area contributed by atoms with E-state index in [0.717, 1.165) is 21.0 Å². The van der Waals surface area contributed by atoms with E-state index in [1.165, 1.54) is 23.5 Å². The van der Waals surface area contributed by atoms with Crippen molar-refractivity contribution in [3.63, 3.8) is 0 Å². The topological polar surface area (TPSA) is 89.3 Å². The molecule has 0 aliphatic heterocycles. The highest BCUT2D eigenvalue weighted by Gasteiger charge is 2.18. The van der Waals surface area contributed by atoms with Crippen molar-refractivity contribution in [2.75, 3.05) is 11.6 Å². The van der Waals surface area contributed by atoms with Crippen molar-refractivity contribution in [3.8, 4) is 0 Å². The first-order chi connectivity index (χ1) is 9.77. The van der Waals surface area contributed by atoms with E-state index in [0.29, 0.717) is 6.54 Å². The van der Waals surface area contributed by atoms with Gasteiger partial charge in [-0.15, -0.1) is 11.3 Å². The third-order valence-electron chi connectivity index (χ3n) is 2.68. The number of nitrogens with zero attached hydrogens (tertiary/aromatic N) is 1. The molecule has 6 nitrogen and oxygen atoms in total. The normalized spacial score (nSPS) is 11.3. The summed E-state index contributed by atoms with van der Waals surface area (Å²) in [5.74, 6) is 0. The molecule has 0 saturated heterocycles. The number of hydrogen-bond acceptors (Lipinski definition) is 6. The average Bonchev–Trinajstić information content (AvgIpc) is 2.80. The summed E-state index contributed by atoms with van der Waals surface area (Å²) in [5, 5.41) is 14.0. The highest BCUT2D eigenvalue weighted by atomic mass is 79.9. The van der Waals surface area contributed by atoms with Gasteiger partial charge in [-0.3, -0.25) is 10.1 Å². The van der Waals surface area contributed by atoms with Crippen LogP contribution in [0.15, 0.2) is 39.0 Å². The summed E-state index contributed by atoms with van der Waals surface area (Å²) in [4.78, 5) is 11.4. The molecule has 0 amide bonds. The summed E-state index contributed by atoms with van der Waals surface area (Å²) in [6.45, 7) is 0.426. The van der Waals surface area contributed by atoms with E-state index in [2.05, 4.69) is 21.2 Å². The highest BCUT2D eigenvalue weighted by Crippen LogP contribution is 2.29. The van der Waals surface area contributed by atoms with Crippen LogP contribution in [0.4, 0.5) is 11.4 Å². The van der Waals surface area contributed by atoms with E-state index in [-0.39, 0.29) is 16.3 Å². The van der Waals surface area contributed by atoms with Crippen LogP contribution in [0.5, 0.6) is 0 Å². The van der Waals surface area contributed by atoms with Gasteiger partial charge in [-0.2, -0.15) is 0 Å². The summed E-state index contributed by atoms with van der Waals surface area (Å²) in [7, 11) is -3.48. The molecule has 0 spiro atoms. The summed E-state index contributed by atoms with van der Waals surface area (Å²) in [6, 6.07) is 7.63. The maximum Gasteiger partial charge on any atom is 0.293 e. The zero-order valence-corrected chi connectivity index (χ0v) is 14.1. The van der Waals surface area contributed by atoms with Crippen LogP contribution in [0.2, 0.25) is 0 Å². The van der Waals surface area contributed by atoms with Crippen LogP contribution in [0.25, 0.3) is 0 Å². The predicted octanol–water partition coefficient (Wildman–Crippen LogP) is 3.43. The summed E-state index contributed by atoms with van der Waals surface area (Å²) >= 11 is 4.86. The maximum atomic E-state index is 11.5. The number of nitrogens with one attached hydrogen (secondary N) is 1. The SMILES string of the molecule is CS(=O)(=O)c1ccc(NCc2ccc(Br)s2)c([N+](=O)[O-])c1. The lowest BCUT2D eigenvalue weighted by atomic mass is 10.2. The van der Waals surface area contributed by atoms with Crippen LogP contribution in [-0.4, -0.2) is 19.6 Å². The molecule has 1 aromatic heterocycles. The number of halogens is 1. The Morgan fingerprint density at radius 2 is 2.05 bits per heavy atom. The fraction of sp³-hybridized carbons (Fsp3) is 0.167. The maximum absolute atomic E-state index is 11.5. The number of anilines is 1. The van der Waals surface area contributed by atoms with Crippen molar-refractivity contribution in [3.05, 3.63) is 49.1 Å². The summed E-state index contributed by atoms with van der Waals surface area (Å²) < 4.78 is 23.9. The molecule has 2 rings (SSSR count). The Labute approximate surface area is 134 Å². The molecule has 9 heteroatoms. The van der Waals surface area contributed by atoms with Crippen molar-refractivity contribution in [1.29, 1.82) is 0 Å². The zero-order valence-electron chi connectivity index (χ0n) is 10.9. The molecule has 2 aromatic rings. The van der Waals surface area contributed by atoms with E-state index in [1.54, 1.807) is 0 Å². The first-order valence-corrected chi connectivity index (χ1v) is 9.24. The molecule has 0 bridgehead atoms. The fourth-order valence-electron chi connectivity index (χ4n) is 1.67. The molecule has 0 fully saturated rings. The average molecular weight is 391 g/mol. The lowest BCUT2D eigenvalue weighted by molar-refractivity contribution is -0.384. The number of nitro groups is 1. The van der Waals surface area contributed by atoms with Gasteiger partial charge in [0, 0.05) is 23.7 Å². The molecule has 0 unspecified atom stereocenters. The molecule has 112 valence electrons. The van der Waals surface area contributed by atoms with Crippen molar-refractivity contribution in [2.24, 2.45) is 0 Å². The third-order valence-corrected chi connectivity index (χ3v) is 5.41. The molecule has 0 aliphatic carbocycles. The lowest BCUT2D eigenvalue weighted by Crippen LogP contribution is -2.04. The molecule has 0 radical (unpaired) electrons. The third kappa shape index (κ3) is 4.02. The van der Waals surface area contributed by atoms with Crippen LogP contribution >= 0.6 is 27.3 Å². The number of sulfone groups is 1. The quantitative estimate of drug-likeness (QED) is 0.623. The molecule has 0 saturated carbocycles. The van der Waals surface area contributed by atoms with E-state index in [1.807, 2.05) is 12.1 Å². The second-order valence-electron chi connectivity index (χ2n) is 4.27. The predicted molar refractivity (Wildman–Crippen MR) is 85.6 cm³/mol. The Bertz CT molecular complexity index is 786. The van der Waals surface area contributed by atoms with Gasteiger partial charge < -0.3 is 5.32 Å². The monoisotopic (exact) mass is 390 g/mol. The number of benzene rings is 1. The Morgan fingerprint density at radius 3 is 2.57 bits per heavy atom. The van der Waals surface area contributed by atoms with Gasteiger partial charge in [-0.1, -0.05) is 0 Å². The van der Waals surface area contributed by atoms with Gasteiger partial charge in [0.1, 0.15) is 5.69 Å². The summed E-state index contributed by atoms with van der Waals surface area (Å²) in [6.07, 6.45) is 1.02. The molecule has 1 heterocycles. The summed E-state index contributed by atoms with van der Waals surface area (Å²) in [5.41, 5.74) is 0.0328. The number of hydrogen-bond donors (Lipinski definition) is 1. The van der Waals surface area contributed by atoms with Crippen molar-refractivity contribution in [1.82, 2.24) is 0 Å². The van der Waals surface area contributed by atoms with Crippen molar-refractivity contribution in [2.45, 2.75) is 11.4 Å². The van der Waals surface area contributed by atoms with Crippen molar-refractivity contribution < 1.29 is 13.3 Å². The molecule has 0 aliphatic rings. The molecule has 21 heavy (non-hydrogen) atoms. The largest absolute Gasteiger partial charge is 0.375 e. The second kappa shape index (κ2) is 6.12. The van der Waals surface area contributed by atoms with E-state index in [4.69, 9.17) is 0 Å². The van der Waals surface area contributed by atoms with Crippen LogP contribution in [0, 0.1) is 10.1 Å². The van der Waals surface area contributed by atoms with Gasteiger partial charge >= 0.3 is 0 Å². The van der Waals surface area contributed by atoms with Crippen molar-refractivity contribution >= 4 is 48.5 Å². The molecular weight excluding hydrogens is 380 g/mol. The Balaban J connectivity index is 2.28. The minimum atomic E-state index is -3.48. The Hall–Kier alpha value is -1.45. The van der Waals surface area contributed by atoms with Gasteiger partial charge in [0.15, 0.2) is 9.84 Å². The Kier molecular flexibility index (Phi) is 4.64. The van der Waals surface area contributed by atoms with Crippen LogP contribution < -0.4 is 5.32 Å². The molecular formula is C12H11BrN2O4S2. The molecule has 1 aromatic carbocycles. The minimum absolute atomic E-state index is 0.0707. The minimum Gasteiger partial charge on any atom is -0.375 e. The van der Waals surface area contributed by atoms with Crippen LogP contribution in [0.3, 0.4) is 0 Å². The van der Waals surface area contributed by atoms with E-state index < -0.39 is 14.8 Å². The van der Waals surface area contributed by atoms with Gasteiger partial charge in [0.05, 0.1) is 13.6 Å². The van der Waals surface area contributed by atoms with E-state index >= 15 is 0 Å². The highest BCUT2D eigenvalue weighted by molar-refractivity contribution is 9.11. The standard InChI is InChI=1S/C12H11BrN2O4S2/c1-21(18,19)9-3-4-10(11(6-9)15(16)17)14-7-8-2-5-12(13)20-8/h2-6,14H,7H2,1H3. The smallest absolute Gasteiger partial charge is 0.293 e. The van der Waals surface area contributed by atoms with Crippen LogP contribution in [0.1, 0.15) is 4.88 Å². The van der Waals surface area contributed by atoms with Crippen LogP contribution in [-0.2, 0) is 16.4 Å². The van der Waals surface area contributed by atoms with Gasteiger partial charge in [-0.05, 0) is 40.2 Å². The fourth-order valence-corrected chi connectivity index (χ4v) is 3.74. The van der Waals surface area contributed by atoms with Gasteiger partial charge in [0.2, 0.25) is 0 Å². The first-order valence-electron chi connectivity index (χ1n) is 5.74. The number of thiophene rings is 1. The van der Waals surface area contributed by atoms with E-state index in [9.17, 15) is 18.5 Å². The zero-order chi connectivity index (χ0) is 15.6. The Morgan fingerprint density at radius 1 is 1.33 bits per heavy atom. The van der Waals surface area contributed by atoms with Gasteiger partial charge in [0.25, 0.3) is 5.69 Å². The number of rotatable bonds is 5. The molecule has 0 atom stereocenters. The second-order valence-corrected chi connectivity index (χ2v) is 8.83.